The Kier molecular flexibility index (Phi) is 29.4. The van der Waals surface area contributed by atoms with Gasteiger partial charge in [-0.2, -0.15) is 0 Å². The van der Waals surface area contributed by atoms with E-state index in [2.05, 4.69) is 58.5 Å². The summed E-state index contributed by atoms with van der Waals surface area (Å²) in [6.07, 6.45) is -4.15. The van der Waals surface area contributed by atoms with E-state index in [0.717, 1.165) is 0 Å². The van der Waals surface area contributed by atoms with Crippen LogP contribution in [0.2, 0.25) is 0 Å². The van der Waals surface area contributed by atoms with E-state index in [-0.39, 0.29) is 83.1 Å². The molecule has 0 spiro atoms. The van der Waals surface area contributed by atoms with Crippen LogP contribution in [0.15, 0.2) is 30.3 Å². The van der Waals surface area contributed by atoms with Gasteiger partial charge in [0.2, 0.25) is 59.1 Å². The molecule has 0 radical (unpaired) electrons. The van der Waals surface area contributed by atoms with E-state index in [4.69, 9.17) is 22.9 Å². The van der Waals surface area contributed by atoms with E-state index in [9.17, 15) is 58.2 Å². The summed E-state index contributed by atoms with van der Waals surface area (Å²) in [5.41, 5.74) is 24.2. The molecule has 28 nitrogen and oxygen atoms in total. The van der Waals surface area contributed by atoms with Gasteiger partial charge in [-0.05, 0) is 96.0 Å². The number of piperazine rings is 1. The summed E-state index contributed by atoms with van der Waals surface area (Å²) < 4.78 is 0. The second-order valence-corrected chi connectivity index (χ2v) is 21.2. The molecular formula is C52H90N16O12. The third-order valence-electron chi connectivity index (χ3n) is 13.4. The maximum absolute atomic E-state index is 14.5. The molecule has 10 amide bonds. The summed E-state index contributed by atoms with van der Waals surface area (Å²) in [4.78, 5) is 143. The van der Waals surface area contributed by atoms with Gasteiger partial charge in [0, 0.05) is 39.1 Å². The molecule has 80 heavy (non-hydrogen) atoms. The Morgan fingerprint density at radius 2 is 1.15 bits per heavy atom. The number of hydrogen-bond donors (Lipinski definition) is 17. The number of nitrogens with two attached hydrogens (primary N) is 4. The largest absolute Gasteiger partial charge is 0.391 e. The Balaban J connectivity index is 2.10. The van der Waals surface area contributed by atoms with Crippen molar-refractivity contribution in [2.75, 3.05) is 58.9 Å². The van der Waals surface area contributed by atoms with Gasteiger partial charge in [0.25, 0.3) is 0 Å². The number of carbonyl (C=O) groups is 10. The predicted octanol–water partition coefficient (Wildman–Crippen LogP) is -6.76. The van der Waals surface area contributed by atoms with Crippen molar-refractivity contribution in [3.8, 4) is 0 Å². The van der Waals surface area contributed by atoms with E-state index < -0.39 is 145 Å². The first-order chi connectivity index (χ1) is 37.9. The molecule has 0 unspecified atom stereocenters. The average molecular weight is 1130 g/mol. The van der Waals surface area contributed by atoms with Crippen molar-refractivity contribution in [1.29, 1.82) is 0 Å². The van der Waals surface area contributed by atoms with Crippen molar-refractivity contribution < 1.29 is 58.2 Å². The molecule has 0 aromatic heterocycles. The average Bonchev–Trinajstić information content (AvgIpc) is 3.41. The number of carbonyl (C=O) groups excluding carboxylic acids is 10. The minimum absolute atomic E-state index is 0.0593. The maximum atomic E-state index is 14.5. The Labute approximate surface area is 468 Å². The Morgan fingerprint density at radius 3 is 1.68 bits per heavy atom. The van der Waals surface area contributed by atoms with Crippen LogP contribution in [0.4, 0.5) is 0 Å². The molecule has 0 saturated carbocycles. The highest BCUT2D eigenvalue weighted by atomic mass is 16.3. The summed E-state index contributed by atoms with van der Waals surface area (Å²) in [5, 5.41) is 50.5. The molecule has 0 bridgehead atoms. The SMILES string of the molecule is CC(C)C[C@@H]1NC(=O)[C@@H](Cc2ccccc2)NC(=O)[C@H](CCN)NC(=O)[C@@H](NC(=O)[C@H](CCN)NC(=O)[C@@H](NC(=O)[C@@H]2CNCCN2CC(C)C)[C@@H](C)O)CCNC(=O)[C@H]([C@@H](C)O)NC(=O)[C@H](CCN)NC(=O)[C@H](CCN)NC1=O. The lowest BCUT2D eigenvalue weighted by Crippen LogP contribution is -2.64. The number of amides is 10. The minimum atomic E-state index is -1.66. The molecule has 1 aromatic rings. The van der Waals surface area contributed by atoms with E-state index >= 15 is 0 Å². The molecule has 2 saturated heterocycles. The summed E-state index contributed by atoms with van der Waals surface area (Å²) in [5.74, 6) is -8.67. The van der Waals surface area contributed by atoms with Crippen LogP contribution >= 0.6 is 0 Å². The zero-order chi connectivity index (χ0) is 59.6. The topological polar surface area (TPSA) is 451 Å². The Bertz CT molecular complexity index is 2210. The fourth-order valence-electron chi connectivity index (χ4n) is 9.12. The van der Waals surface area contributed by atoms with Gasteiger partial charge >= 0.3 is 0 Å². The van der Waals surface area contributed by atoms with Gasteiger partial charge in [-0.15, -0.1) is 0 Å². The fourth-order valence-corrected chi connectivity index (χ4v) is 9.12. The highest BCUT2D eigenvalue weighted by Gasteiger charge is 2.38. The first kappa shape index (κ1) is 67.9. The molecule has 2 aliphatic heterocycles. The lowest BCUT2D eigenvalue weighted by Gasteiger charge is -2.37. The van der Waals surface area contributed by atoms with E-state index in [1.54, 1.807) is 44.2 Å². The number of aliphatic hydroxyl groups is 2. The molecule has 1 aromatic carbocycles. The lowest BCUT2D eigenvalue weighted by atomic mass is 10.00. The molecule has 28 heteroatoms. The standard InChI is InChI=1S/C52H90N16O12/c1-28(2)24-38-48(76)61-33(12-17-53)43(71)60-36(15-20-56)47(75)66-41(30(5)69)51(79)58-21-16-37(46(74)59-34(13-18-54)45(73)65-39(49(77)64-38)25-32-10-8-7-9-11-32)62-44(72)35(14-19-55)63-52(80)42(31(6)70)67-50(78)40-26-57-22-23-68(40)27-29(3)4/h7-11,28-31,33-42,57,69-70H,12-27,53-56H2,1-6H3,(H,58,79)(H,59,74)(H,60,71)(H,61,76)(H,62,72)(H,63,80)(H,64,77)(H,65,73)(H,66,75)(H,67,78)/t30-,31-,33+,34+,35+,36+,37+,38+,39-,40+,41+,42+/m1/s1. The van der Waals surface area contributed by atoms with Crippen LogP contribution in [0, 0.1) is 11.8 Å². The highest BCUT2D eigenvalue weighted by Crippen LogP contribution is 2.13. The monoisotopic (exact) mass is 1130 g/mol. The number of aliphatic hydroxyl groups excluding tert-OH is 2. The molecule has 21 N–H and O–H groups in total. The van der Waals surface area contributed by atoms with E-state index in [1.807, 2.05) is 18.7 Å². The summed E-state index contributed by atoms with van der Waals surface area (Å²) in [6, 6.07) is -5.26. The first-order valence-corrected chi connectivity index (χ1v) is 27.6. The van der Waals surface area contributed by atoms with Gasteiger partial charge in [-0.3, -0.25) is 52.8 Å². The molecule has 450 valence electrons. The molecule has 2 fully saturated rings. The predicted molar refractivity (Wildman–Crippen MR) is 296 cm³/mol. The van der Waals surface area contributed by atoms with Crippen LogP contribution in [0.1, 0.15) is 85.6 Å². The Hall–Kier alpha value is -6.40. The summed E-state index contributed by atoms with van der Waals surface area (Å²) >= 11 is 0. The van der Waals surface area contributed by atoms with Crippen LogP contribution in [0.3, 0.4) is 0 Å². The van der Waals surface area contributed by atoms with Gasteiger partial charge in [-0.25, -0.2) is 0 Å². The van der Waals surface area contributed by atoms with Gasteiger partial charge < -0.3 is 91.6 Å². The van der Waals surface area contributed by atoms with Crippen LogP contribution in [-0.4, -0.2) is 206 Å². The second-order valence-electron chi connectivity index (χ2n) is 21.2. The zero-order valence-electron chi connectivity index (χ0n) is 47.0. The van der Waals surface area contributed by atoms with Crippen molar-refractivity contribution in [2.45, 2.75) is 159 Å². The summed E-state index contributed by atoms with van der Waals surface area (Å²) in [7, 11) is 0. The van der Waals surface area contributed by atoms with Crippen LogP contribution in [0.25, 0.3) is 0 Å². The number of hydrogen-bond acceptors (Lipinski definition) is 18. The molecule has 2 aliphatic rings. The van der Waals surface area contributed by atoms with Crippen molar-refractivity contribution in [3.05, 3.63) is 35.9 Å². The third-order valence-corrected chi connectivity index (χ3v) is 13.4. The lowest BCUT2D eigenvalue weighted by molar-refractivity contribution is -0.137. The molecule has 2 heterocycles. The fraction of sp³-hybridized carbons (Fsp3) is 0.692. The van der Waals surface area contributed by atoms with Crippen LogP contribution in [0.5, 0.6) is 0 Å². The normalized spacial score (nSPS) is 25.2. The Morgan fingerprint density at radius 1 is 0.625 bits per heavy atom. The highest BCUT2D eigenvalue weighted by molar-refractivity contribution is 5.99. The van der Waals surface area contributed by atoms with Crippen molar-refractivity contribution in [2.24, 2.45) is 34.8 Å². The molecular weight excluding hydrogens is 1040 g/mol. The quantitative estimate of drug-likeness (QED) is 0.0513. The van der Waals surface area contributed by atoms with Crippen LogP contribution in [-0.2, 0) is 54.4 Å². The van der Waals surface area contributed by atoms with Gasteiger partial charge in [-0.1, -0.05) is 58.0 Å². The van der Waals surface area contributed by atoms with E-state index in [1.165, 1.54) is 13.8 Å². The van der Waals surface area contributed by atoms with Gasteiger partial charge in [0.05, 0.1) is 12.2 Å². The maximum Gasteiger partial charge on any atom is 0.245 e. The van der Waals surface area contributed by atoms with Gasteiger partial charge in [0.1, 0.15) is 60.4 Å². The molecule has 12 atom stereocenters. The number of benzene rings is 1. The molecule has 0 aliphatic carbocycles. The van der Waals surface area contributed by atoms with Gasteiger partial charge in [0.15, 0.2) is 0 Å². The van der Waals surface area contributed by atoms with Crippen molar-refractivity contribution >= 4 is 59.1 Å². The van der Waals surface area contributed by atoms with E-state index in [0.29, 0.717) is 25.2 Å². The van der Waals surface area contributed by atoms with Crippen molar-refractivity contribution in [3.63, 3.8) is 0 Å². The first-order valence-electron chi connectivity index (χ1n) is 27.6. The zero-order valence-corrected chi connectivity index (χ0v) is 47.0. The molecule has 3 rings (SSSR count). The van der Waals surface area contributed by atoms with Crippen LogP contribution < -0.4 is 81.4 Å². The van der Waals surface area contributed by atoms with Crippen molar-refractivity contribution in [1.82, 2.24) is 63.4 Å². The summed E-state index contributed by atoms with van der Waals surface area (Å²) in [6.45, 7) is 11.2. The number of nitrogens with one attached hydrogen (secondary N) is 11. The smallest absolute Gasteiger partial charge is 0.245 e. The second kappa shape index (κ2) is 34.7. The third kappa shape index (κ3) is 22.3. The number of rotatable bonds is 22. The minimum Gasteiger partial charge on any atom is -0.391 e. The number of nitrogens with zero attached hydrogens (tertiary/aromatic N) is 1.